The first-order valence-electron chi connectivity index (χ1n) is 6.46. The van der Waals surface area contributed by atoms with Gasteiger partial charge in [-0.2, -0.15) is 0 Å². The van der Waals surface area contributed by atoms with Gasteiger partial charge in [0, 0.05) is 28.4 Å². The lowest BCUT2D eigenvalue weighted by Gasteiger charge is -2.00. The molecule has 9 heteroatoms. The smallest absolute Gasteiger partial charge is 0.342 e. The Bertz CT molecular complexity index is 702. The van der Waals surface area contributed by atoms with Gasteiger partial charge in [-0.25, -0.2) is 9.59 Å². The van der Waals surface area contributed by atoms with E-state index in [0.717, 1.165) is 0 Å². The molecule has 0 saturated carbocycles. The van der Waals surface area contributed by atoms with Gasteiger partial charge in [-0.3, -0.25) is 4.79 Å². The lowest BCUT2D eigenvalue weighted by molar-refractivity contribution is -0.131. The van der Waals surface area contributed by atoms with Gasteiger partial charge in [0.2, 0.25) is 0 Å². The Balaban J connectivity index is 0.000000243. The van der Waals surface area contributed by atoms with Crippen molar-refractivity contribution in [3.05, 3.63) is 32.6 Å². The third-order valence-corrected chi connectivity index (χ3v) is 3.98. The van der Waals surface area contributed by atoms with Crippen LogP contribution < -0.4 is 9.47 Å². The monoisotopic (exact) mass is 372 g/mol. The number of methoxy groups -OCH3 is 3. The topological polar surface area (TPSA) is 88.1 Å². The number of rotatable bonds is 4. The van der Waals surface area contributed by atoms with Crippen molar-refractivity contribution in [2.45, 2.75) is 6.92 Å². The van der Waals surface area contributed by atoms with Crippen LogP contribution in [0.3, 0.4) is 0 Å². The van der Waals surface area contributed by atoms with Crippen molar-refractivity contribution in [1.82, 2.24) is 0 Å². The molecule has 0 atom stereocenters. The van der Waals surface area contributed by atoms with E-state index in [0.29, 0.717) is 11.3 Å². The molecule has 0 unspecified atom stereocenters. The summed E-state index contributed by atoms with van der Waals surface area (Å²) in [6.45, 7) is 1.28. The second-order valence-corrected chi connectivity index (χ2v) is 5.57. The van der Waals surface area contributed by atoms with Crippen LogP contribution in [-0.4, -0.2) is 39.2 Å². The first kappa shape index (κ1) is 19.7. The maximum Gasteiger partial charge on any atom is 0.342 e. The Kier molecular flexibility index (Phi) is 7.93. The molecule has 0 aromatic carbocycles. The Morgan fingerprint density at radius 1 is 0.792 bits per heavy atom. The Morgan fingerprint density at radius 2 is 1.25 bits per heavy atom. The summed E-state index contributed by atoms with van der Waals surface area (Å²) in [7, 11) is 4.14. The molecule has 0 aliphatic rings. The highest BCUT2D eigenvalue weighted by Crippen LogP contribution is 2.24. The van der Waals surface area contributed by atoms with Crippen LogP contribution >= 0.6 is 22.7 Å². The number of thiophene rings is 2. The summed E-state index contributed by atoms with van der Waals surface area (Å²) in [5.41, 5.74) is 0.766. The van der Waals surface area contributed by atoms with Crippen LogP contribution in [0.15, 0.2) is 21.5 Å². The molecule has 2 rings (SSSR count). The van der Waals surface area contributed by atoms with Crippen LogP contribution in [0.5, 0.6) is 11.5 Å². The molecule has 0 spiro atoms. The average molecular weight is 372 g/mol. The summed E-state index contributed by atoms with van der Waals surface area (Å²) >= 11 is 2.68. The number of esters is 3. The number of hydrogen-bond acceptors (Lipinski definition) is 9. The van der Waals surface area contributed by atoms with Crippen molar-refractivity contribution in [2.24, 2.45) is 0 Å². The molecule has 2 aromatic rings. The summed E-state index contributed by atoms with van der Waals surface area (Å²) in [6, 6.07) is 0. The summed E-state index contributed by atoms with van der Waals surface area (Å²) in [6.07, 6.45) is 0. The molecular weight excluding hydrogens is 356 g/mol. The van der Waals surface area contributed by atoms with Crippen molar-refractivity contribution in [3.8, 4) is 11.5 Å². The molecule has 7 nitrogen and oxygen atoms in total. The van der Waals surface area contributed by atoms with Crippen molar-refractivity contribution in [1.29, 1.82) is 0 Å². The lowest BCUT2D eigenvalue weighted by atomic mass is 10.3. The number of hydrogen-bond donors (Lipinski definition) is 0. The largest absolute Gasteiger partial charge is 0.495 e. The summed E-state index contributed by atoms with van der Waals surface area (Å²) in [4.78, 5) is 32.6. The van der Waals surface area contributed by atoms with Gasteiger partial charge in [-0.05, 0) is 0 Å². The fraction of sp³-hybridized carbons (Fsp3) is 0.267. The molecule has 0 saturated heterocycles. The molecule has 24 heavy (non-hydrogen) atoms. The van der Waals surface area contributed by atoms with Crippen LogP contribution in [0.4, 0.5) is 0 Å². The zero-order valence-electron chi connectivity index (χ0n) is 13.5. The fourth-order valence-corrected chi connectivity index (χ4v) is 2.96. The van der Waals surface area contributed by atoms with Gasteiger partial charge < -0.3 is 18.9 Å². The quantitative estimate of drug-likeness (QED) is 0.762. The number of carbonyl (C=O) groups is 3. The highest BCUT2D eigenvalue weighted by molar-refractivity contribution is 7.08. The van der Waals surface area contributed by atoms with Crippen molar-refractivity contribution < 1.29 is 33.3 Å². The average Bonchev–Trinajstić information content (AvgIpc) is 3.22. The van der Waals surface area contributed by atoms with E-state index in [1.54, 1.807) is 21.5 Å². The summed E-state index contributed by atoms with van der Waals surface area (Å²) in [5.74, 6) is -0.490. The van der Waals surface area contributed by atoms with Gasteiger partial charge in [0.15, 0.2) is 5.75 Å². The SMILES string of the molecule is COC(=O)c1cscc1OC.COC(=O)c1cscc1OC(C)=O. The van der Waals surface area contributed by atoms with Crippen LogP contribution in [0.2, 0.25) is 0 Å². The second-order valence-electron chi connectivity index (χ2n) is 4.08. The number of ether oxygens (including phenoxy) is 4. The molecule has 0 bridgehead atoms. The van der Waals surface area contributed by atoms with E-state index in [2.05, 4.69) is 9.47 Å². The maximum atomic E-state index is 11.1. The Morgan fingerprint density at radius 3 is 1.67 bits per heavy atom. The highest BCUT2D eigenvalue weighted by Gasteiger charge is 2.15. The van der Waals surface area contributed by atoms with Gasteiger partial charge >= 0.3 is 17.9 Å². The minimum atomic E-state index is -0.502. The van der Waals surface area contributed by atoms with E-state index >= 15 is 0 Å². The van der Waals surface area contributed by atoms with Crippen molar-refractivity contribution in [2.75, 3.05) is 21.3 Å². The third-order valence-electron chi connectivity index (χ3n) is 2.54. The van der Waals surface area contributed by atoms with Gasteiger partial charge in [-0.15, -0.1) is 22.7 Å². The summed E-state index contributed by atoms with van der Waals surface area (Å²) in [5, 5.41) is 6.61. The minimum absolute atomic E-state index is 0.254. The van der Waals surface area contributed by atoms with E-state index < -0.39 is 11.9 Å². The predicted octanol–water partition coefficient (Wildman–Crippen LogP) is 3.00. The first-order chi connectivity index (χ1) is 11.4. The maximum absolute atomic E-state index is 11.1. The Labute approximate surface area is 146 Å². The van der Waals surface area contributed by atoms with Gasteiger partial charge in [0.05, 0.1) is 21.3 Å². The predicted molar refractivity (Wildman–Crippen MR) is 89.2 cm³/mol. The van der Waals surface area contributed by atoms with Crippen LogP contribution in [0.25, 0.3) is 0 Å². The van der Waals surface area contributed by atoms with Gasteiger partial charge in [-0.1, -0.05) is 0 Å². The summed E-state index contributed by atoms with van der Waals surface area (Å²) < 4.78 is 18.7. The van der Waals surface area contributed by atoms with E-state index in [1.165, 1.54) is 50.9 Å². The highest BCUT2D eigenvalue weighted by atomic mass is 32.1. The van der Waals surface area contributed by atoms with Gasteiger partial charge in [0.25, 0.3) is 0 Å². The zero-order chi connectivity index (χ0) is 18.1. The molecule has 130 valence electrons. The molecule has 0 radical (unpaired) electrons. The van der Waals surface area contributed by atoms with E-state index in [4.69, 9.17) is 9.47 Å². The Hall–Kier alpha value is -2.39. The lowest BCUT2D eigenvalue weighted by Crippen LogP contribution is -2.06. The molecule has 0 fully saturated rings. The molecule has 0 amide bonds. The fourth-order valence-electron chi connectivity index (χ4n) is 1.48. The molecule has 0 N–H and O–H groups in total. The van der Waals surface area contributed by atoms with E-state index in [1.807, 2.05) is 0 Å². The van der Waals surface area contributed by atoms with Crippen molar-refractivity contribution in [3.63, 3.8) is 0 Å². The van der Waals surface area contributed by atoms with Crippen molar-refractivity contribution >= 4 is 40.6 Å². The normalized spacial score (nSPS) is 9.33. The molecular formula is C15H16O7S2. The molecule has 2 heterocycles. The number of carbonyl (C=O) groups excluding carboxylic acids is 3. The second kappa shape index (κ2) is 9.68. The standard InChI is InChI=1S/C8H8O4S.C7H8O3S/c1-5(9)12-7-4-13-3-6(7)8(10)11-2;1-9-6-4-11-3-5(6)7(8)10-2/h3-4H,1-2H3;3-4H,1-2H3. The third kappa shape index (κ3) is 5.36. The van der Waals surface area contributed by atoms with Gasteiger partial charge in [0.1, 0.15) is 16.9 Å². The first-order valence-corrected chi connectivity index (χ1v) is 8.34. The molecule has 2 aromatic heterocycles. The molecule has 0 aliphatic heterocycles. The molecule has 0 aliphatic carbocycles. The van der Waals surface area contributed by atoms with Crippen LogP contribution in [0.1, 0.15) is 27.6 Å². The van der Waals surface area contributed by atoms with Crippen LogP contribution in [0, 0.1) is 0 Å². The van der Waals surface area contributed by atoms with Crippen LogP contribution in [-0.2, 0) is 14.3 Å². The zero-order valence-corrected chi connectivity index (χ0v) is 15.1. The minimum Gasteiger partial charge on any atom is -0.495 e. The van der Waals surface area contributed by atoms with E-state index in [9.17, 15) is 14.4 Å². The van der Waals surface area contributed by atoms with E-state index in [-0.39, 0.29) is 17.3 Å².